The average molecular weight is 356 g/mol. The minimum atomic E-state index is -4.17. The maximum atomic E-state index is 11.5. The Labute approximate surface area is 144 Å². The summed E-state index contributed by atoms with van der Waals surface area (Å²) in [5, 5.41) is 15.2. The molecule has 0 saturated heterocycles. The molecule has 6 heteroatoms. The fraction of sp³-hybridized carbons (Fsp3) is 0.158. The van der Waals surface area contributed by atoms with Gasteiger partial charge in [0.2, 0.25) is 0 Å². The van der Waals surface area contributed by atoms with Gasteiger partial charge in [-0.05, 0) is 40.1 Å². The van der Waals surface area contributed by atoms with E-state index in [4.69, 9.17) is 4.74 Å². The molecule has 1 unspecified atom stereocenters. The van der Waals surface area contributed by atoms with Crippen LogP contribution < -0.4 is 4.74 Å². The topological polar surface area (TPSA) is 87.0 Å². The van der Waals surface area contributed by atoms with Gasteiger partial charge in [-0.15, -0.1) is 0 Å². The number of aliphatic hydroxyl groups excluding tert-OH is 1. The molecule has 0 heterocycles. The maximum absolute atomic E-state index is 11.5. The van der Waals surface area contributed by atoms with Crippen molar-refractivity contribution in [3.63, 3.8) is 0 Å². The van der Waals surface area contributed by atoms with Crippen molar-refractivity contribution in [3.8, 4) is 5.75 Å². The van der Waals surface area contributed by atoms with E-state index in [1.807, 2.05) is 42.5 Å². The molecule has 0 saturated carbocycles. The lowest BCUT2D eigenvalue weighted by molar-refractivity contribution is 0.000966. The van der Waals surface area contributed by atoms with Crippen LogP contribution in [0.3, 0.4) is 0 Å². The predicted octanol–water partition coefficient (Wildman–Crippen LogP) is 3.98. The average Bonchev–Trinajstić information content (AvgIpc) is 2.53. The van der Waals surface area contributed by atoms with Crippen LogP contribution in [0.5, 0.6) is 5.75 Å². The van der Waals surface area contributed by atoms with Gasteiger partial charge in [-0.1, -0.05) is 42.5 Å². The molecule has 0 aliphatic carbocycles. The minimum Gasteiger partial charge on any atom is -0.465 e. The number of hydrogen-bond acceptors (Lipinski definition) is 3. The molecule has 0 amide bonds. The van der Waals surface area contributed by atoms with E-state index in [0.29, 0.717) is 11.3 Å². The molecule has 25 heavy (non-hydrogen) atoms. The number of benzene rings is 4. The van der Waals surface area contributed by atoms with Gasteiger partial charge in [0, 0.05) is 10.8 Å². The molecule has 1 atom stereocenters. The number of hydrogen-bond donors (Lipinski definition) is 3. The summed E-state index contributed by atoms with van der Waals surface area (Å²) in [6, 6.07) is 15.1. The lowest BCUT2D eigenvalue weighted by Gasteiger charge is -2.18. The smallest absolute Gasteiger partial charge is 0.329 e. The highest BCUT2D eigenvalue weighted by Crippen LogP contribution is 2.45. The van der Waals surface area contributed by atoms with Crippen LogP contribution >= 0.6 is 7.60 Å². The predicted molar refractivity (Wildman–Crippen MR) is 98.2 cm³/mol. The summed E-state index contributed by atoms with van der Waals surface area (Å²) >= 11 is 0. The molecule has 4 aromatic rings. The van der Waals surface area contributed by atoms with E-state index in [9.17, 15) is 19.5 Å². The van der Waals surface area contributed by atoms with E-state index in [1.54, 1.807) is 13.0 Å². The number of ether oxygens (including phenoxy) is 1. The van der Waals surface area contributed by atoms with Crippen molar-refractivity contribution in [1.29, 1.82) is 0 Å². The van der Waals surface area contributed by atoms with E-state index in [-0.39, 0.29) is 6.16 Å². The summed E-state index contributed by atoms with van der Waals surface area (Å²) in [5.41, 5.74) is 0.622. The van der Waals surface area contributed by atoms with Gasteiger partial charge in [0.1, 0.15) is 5.75 Å². The molecule has 0 aliphatic heterocycles. The Hall–Kier alpha value is -2.17. The quantitative estimate of drug-likeness (QED) is 0.292. The Kier molecular flexibility index (Phi) is 3.71. The molecule has 4 rings (SSSR count). The third kappa shape index (κ3) is 2.86. The monoisotopic (exact) mass is 356 g/mol. The van der Waals surface area contributed by atoms with E-state index in [1.165, 1.54) is 0 Å². The fourth-order valence-electron chi connectivity index (χ4n) is 3.50. The molecular weight excluding hydrogens is 339 g/mol. The lowest BCUT2D eigenvalue weighted by Crippen LogP contribution is -2.10. The van der Waals surface area contributed by atoms with Crippen LogP contribution in [0.25, 0.3) is 32.3 Å². The summed E-state index contributed by atoms with van der Waals surface area (Å²) in [4.78, 5) is 18.7. The molecule has 0 radical (unpaired) electrons. The molecule has 128 valence electrons. The van der Waals surface area contributed by atoms with Crippen molar-refractivity contribution in [2.75, 3.05) is 0 Å². The van der Waals surface area contributed by atoms with Gasteiger partial charge in [0.25, 0.3) is 0 Å². The molecule has 0 spiro atoms. The van der Waals surface area contributed by atoms with E-state index >= 15 is 0 Å². The number of rotatable bonds is 4. The highest BCUT2D eigenvalue weighted by atomic mass is 31.2. The maximum Gasteiger partial charge on any atom is 0.329 e. The van der Waals surface area contributed by atoms with Crippen molar-refractivity contribution < 1.29 is 24.2 Å². The van der Waals surface area contributed by atoms with Crippen LogP contribution in [-0.4, -0.2) is 21.2 Å². The van der Waals surface area contributed by atoms with Crippen LogP contribution in [0.1, 0.15) is 12.5 Å². The molecule has 0 fully saturated rings. The van der Waals surface area contributed by atoms with Gasteiger partial charge in [-0.2, -0.15) is 0 Å². The zero-order valence-electron chi connectivity index (χ0n) is 13.5. The Morgan fingerprint density at radius 1 is 1.00 bits per heavy atom. The van der Waals surface area contributed by atoms with Gasteiger partial charge >= 0.3 is 7.60 Å². The van der Waals surface area contributed by atoms with Crippen molar-refractivity contribution in [2.45, 2.75) is 19.4 Å². The van der Waals surface area contributed by atoms with Crippen LogP contribution in [0.2, 0.25) is 0 Å². The van der Waals surface area contributed by atoms with E-state index in [0.717, 1.165) is 32.3 Å². The van der Waals surface area contributed by atoms with Crippen LogP contribution in [0.4, 0.5) is 0 Å². The standard InChI is InChI=1S/C19H17O5P/c1-11(20)24-17-9-13-5-6-14(10-25(21,22)23)15-8-7-12-3-2-4-16(17)18(12)19(13)15/h2-9,11,20H,10H2,1H3,(H2,21,22,23). The Bertz CT molecular complexity index is 1130. The van der Waals surface area contributed by atoms with Crippen molar-refractivity contribution >= 4 is 39.9 Å². The molecule has 4 aromatic carbocycles. The summed E-state index contributed by atoms with van der Waals surface area (Å²) in [6.45, 7) is 1.56. The van der Waals surface area contributed by atoms with E-state index in [2.05, 4.69) is 0 Å². The second-order valence-corrected chi connectivity index (χ2v) is 7.90. The van der Waals surface area contributed by atoms with Crippen molar-refractivity contribution in [1.82, 2.24) is 0 Å². The van der Waals surface area contributed by atoms with Gasteiger partial charge in [-0.3, -0.25) is 4.57 Å². The highest BCUT2D eigenvalue weighted by Gasteiger charge is 2.19. The SMILES string of the molecule is CC(O)Oc1cc2ccc(CP(=O)(O)O)c3ccc4cccc1c4c23. The van der Waals surface area contributed by atoms with Gasteiger partial charge in [-0.25, -0.2) is 0 Å². The highest BCUT2D eigenvalue weighted by molar-refractivity contribution is 7.50. The summed E-state index contributed by atoms with van der Waals surface area (Å²) < 4.78 is 17.1. The summed E-state index contributed by atoms with van der Waals surface area (Å²) in [5.74, 6) is 0.586. The first-order chi connectivity index (χ1) is 11.8. The third-order valence-electron chi connectivity index (χ3n) is 4.37. The molecule has 0 aromatic heterocycles. The lowest BCUT2D eigenvalue weighted by atomic mass is 9.92. The van der Waals surface area contributed by atoms with Crippen molar-refractivity contribution in [2.24, 2.45) is 0 Å². The van der Waals surface area contributed by atoms with E-state index < -0.39 is 13.9 Å². The first-order valence-electron chi connectivity index (χ1n) is 7.92. The zero-order valence-corrected chi connectivity index (χ0v) is 14.4. The van der Waals surface area contributed by atoms with Crippen LogP contribution in [0.15, 0.2) is 48.5 Å². The van der Waals surface area contributed by atoms with Gasteiger partial charge in [0.05, 0.1) is 6.16 Å². The molecule has 5 nitrogen and oxygen atoms in total. The van der Waals surface area contributed by atoms with Gasteiger partial charge < -0.3 is 19.6 Å². The second-order valence-electron chi connectivity index (χ2n) is 6.25. The Morgan fingerprint density at radius 3 is 2.44 bits per heavy atom. The first kappa shape index (κ1) is 16.3. The molecule has 0 aliphatic rings. The fourth-order valence-corrected chi connectivity index (χ4v) is 4.22. The zero-order chi connectivity index (χ0) is 17.8. The molecule has 0 bridgehead atoms. The van der Waals surface area contributed by atoms with Crippen LogP contribution in [0, 0.1) is 0 Å². The van der Waals surface area contributed by atoms with Gasteiger partial charge in [0.15, 0.2) is 6.29 Å². The largest absolute Gasteiger partial charge is 0.465 e. The third-order valence-corrected chi connectivity index (χ3v) is 5.12. The Morgan fingerprint density at radius 2 is 1.72 bits per heavy atom. The normalized spacial score (nSPS) is 13.8. The number of aliphatic hydroxyl groups is 1. The Balaban J connectivity index is 2.11. The molecular formula is C19H17O5P. The summed E-state index contributed by atoms with van der Waals surface area (Å²) in [6.07, 6.45) is -1.23. The minimum absolute atomic E-state index is 0.293. The summed E-state index contributed by atoms with van der Waals surface area (Å²) in [7, 11) is -4.17. The van der Waals surface area contributed by atoms with Crippen LogP contribution in [-0.2, 0) is 10.7 Å². The first-order valence-corrected chi connectivity index (χ1v) is 9.72. The molecule has 3 N–H and O–H groups in total. The van der Waals surface area contributed by atoms with Crippen molar-refractivity contribution in [3.05, 3.63) is 54.1 Å². The second kappa shape index (κ2) is 5.68.